The van der Waals surface area contributed by atoms with Crippen LogP contribution in [-0.2, 0) is 6.54 Å². The zero-order valence-electron chi connectivity index (χ0n) is 16.0. The van der Waals surface area contributed by atoms with Gasteiger partial charge in [-0.15, -0.1) is 0 Å². The molecule has 2 aromatic carbocycles. The first-order chi connectivity index (χ1) is 13.2. The third-order valence-electron chi connectivity index (χ3n) is 4.62. The molecule has 6 nitrogen and oxygen atoms in total. The first kappa shape index (κ1) is 18.9. The van der Waals surface area contributed by atoms with E-state index in [4.69, 9.17) is 9.47 Å². The third kappa shape index (κ3) is 5.06. The standard InChI is InChI=1S/C21H27N3O3/c1-3-24(15-17-10-11-19-20(14-17)27-16-26-19)21(25)22-12-7-13-23(2)18-8-5-4-6-9-18/h4-6,8-11,14H,3,7,12-13,15-16H2,1-2H3,(H,22,25). The summed E-state index contributed by atoms with van der Waals surface area (Å²) in [5.41, 5.74) is 2.21. The highest BCUT2D eigenvalue weighted by Crippen LogP contribution is 2.32. The molecule has 1 aliphatic rings. The second-order valence-electron chi connectivity index (χ2n) is 6.54. The van der Waals surface area contributed by atoms with E-state index in [1.54, 1.807) is 4.90 Å². The van der Waals surface area contributed by atoms with Crippen molar-refractivity contribution in [3.05, 3.63) is 54.1 Å². The highest BCUT2D eigenvalue weighted by molar-refractivity contribution is 5.74. The molecule has 2 aromatic rings. The van der Waals surface area contributed by atoms with Gasteiger partial charge >= 0.3 is 6.03 Å². The summed E-state index contributed by atoms with van der Waals surface area (Å²) < 4.78 is 10.7. The minimum absolute atomic E-state index is 0.0440. The summed E-state index contributed by atoms with van der Waals surface area (Å²) in [6.07, 6.45) is 0.888. The number of hydrogen-bond acceptors (Lipinski definition) is 4. The van der Waals surface area contributed by atoms with E-state index in [0.717, 1.165) is 30.0 Å². The van der Waals surface area contributed by atoms with Crippen molar-refractivity contribution in [3.8, 4) is 11.5 Å². The molecule has 0 saturated heterocycles. The van der Waals surface area contributed by atoms with E-state index in [1.807, 2.05) is 43.3 Å². The number of benzene rings is 2. The zero-order valence-corrected chi connectivity index (χ0v) is 16.0. The van der Waals surface area contributed by atoms with Gasteiger partial charge < -0.3 is 24.6 Å². The van der Waals surface area contributed by atoms with Crippen LogP contribution < -0.4 is 19.7 Å². The first-order valence-corrected chi connectivity index (χ1v) is 9.35. The largest absolute Gasteiger partial charge is 0.454 e. The fraction of sp³-hybridized carbons (Fsp3) is 0.381. The van der Waals surface area contributed by atoms with Crippen molar-refractivity contribution in [2.24, 2.45) is 0 Å². The molecule has 6 heteroatoms. The van der Waals surface area contributed by atoms with Gasteiger partial charge in [0.1, 0.15) is 0 Å². The number of hydrogen-bond donors (Lipinski definition) is 1. The number of rotatable bonds is 8. The van der Waals surface area contributed by atoms with Gasteiger partial charge in [0.25, 0.3) is 0 Å². The Morgan fingerprint density at radius 3 is 2.67 bits per heavy atom. The number of carbonyl (C=O) groups is 1. The van der Waals surface area contributed by atoms with Gasteiger partial charge in [-0.2, -0.15) is 0 Å². The summed E-state index contributed by atoms with van der Waals surface area (Å²) in [6.45, 7) is 4.96. The maximum Gasteiger partial charge on any atom is 0.317 e. The molecule has 144 valence electrons. The molecule has 0 unspecified atom stereocenters. The van der Waals surface area contributed by atoms with Crippen molar-refractivity contribution in [2.75, 3.05) is 38.4 Å². The second-order valence-corrected chi connectivity index (χ2v) is 6.54. The summed E-state index contributed by atoms with van der Waals surface area (Å²) in [6, 6.07) is 16.0. The van der Waals surface area contributed by atoms with Gasteiger partial charge in [0.15, 0.2) is 11.5 Å². The lowest BCUT2D eigenvalue weighted by atomic mass is 10.2. The number of fused-ring (bicyclic) bond motifs is 1. The number of para-hydroxylation sites is 1. The summed E-state index contributed by atoms with van der Waals surface area (Å²) in [5.74, 6) is 1.50. The number of anilines is 1. The van der Waals surface area contributed by atoms with Crippen LogP contribution in [0, 0.1) is 0 Å². The maximum atomic E-state index is 12.5. The smallest absolute Gasteiger partial charge is 0.317 e. The van der Waals surface area contributed by atoms with E-state index in [1.165, 1.54) is 5.69 Å². The van der Waals surface area contributed by atoms with E-state index in [-0.39, 0.29) is 12.8 Å². The summed E-state index contributed by atoms with van der Waals surface area (Å²) in [4.78, 5) is 16.5. The Labute approximate surface area is 160 Å². The minimum atomic E-state index is -0.0440. The van der Waals surface area contributed by atoms with Crippen LogP contribution in [0.2, 0.25) is 0 Å². The number of amides is 2. The molecule has 27 heavy (non-hydrogen) atoms. The second kappa shape index (κ2) is 9.16. The molecule has 0 spiro atoms. The van der Waals surface area contributed by atoms with E-state index in [0.29, 0.717) is 19.6 Å². The van der Waals surface area contributed by atoms with Gasteiger partial charge in [0.05, 0.1) is 0 Å². The van der Waals surface area contributed by atoms with Crippen molar-refractivity contribution in [2.45, 2.75) is 19.9 Å². The minimum Gasteiger partial charge on any atom is -0.454 e. The highest BCUT2D eigenvalue weighted by atomic mass is 16.7. The number of ether oxygens (including phenoxy) is 2. The quantitative estimate of drug-likeness (QED) is 0.724. The van der Waals surface area contributed by atoms with E-state index >= 15 is 0 Å². The van der Waals surface area contributed by atoms with E-state index in [9.17, 15) is 4.79 Å². The van der Waals surface area contributed by atoms with Crippen LogP contribution in [0.4, 0.5) is 10.5 Å². The van der Waals surface area contributed by atoms with Gasteiger partial charge in [-0.25, -0.2) is 4.79 Å². The number of nitrogens with one attached hydrogen (secondary N) is 1. The lowest BCUT2D eigenvalue weighted by molar-refractivity contribution is 0.173. The number of nitrogens with zero attached hydrogens (tertiary/aromatic N) is 2. The Bertz CT molecular complexity index is 752. The molecule has 3 rings (SSSR count). The Morgan fingerprint density at radius 2 is 1.89 bits per heavy atom. The van der Waals surface area contributed by atoms with Gasteiger partial charge in [0, 0.05) is 38.9 Å². The lowest BCUT2D eigenvalue weighted by Gasteiger charge is -2.23. The van der Waals surface area contributed by atoms with Gasteiger partial charge in [-0.1, -0.05) is 24.3 Å². The lowest BCUT2D eigenvalue weighted by Crippen LogP contribution is -2.40. The van der Waals surface area contributed by atoms with Gasteiger partial charge in [-0.3, -0.25) is 0 Å². The van der Waals surface area contributed by atoms with Gasteiger partial charge in [-0.05, 0) is 43.2 Å². The van der Waals surface area contributed by atoms with Crippen LogP contribution in [0.15, 0.2) is 48.5 Å². The fourth-order valence-corrected chi connectivity index (χ4v) is 3.02. The van der Waals surface area contributed by atoms with Crippen LogP contribution in [0.25, 0.3) is 0 Å². The van der Waals surface area contributed by atoms with Crippen LogP contribution in [0.1, 0.15) is 18.9 Å². The Morgan fingerprint density at radius 1 is 1.11 bits per heavy atom. The molecule has 0 aliphatic carbocycles. The molecule has 0 bridgehead atoms. The SMILES string of the molecule is CCN(Cc1ccc2c(c1)OCO2)C(=O)NCCCN(C)c1ccccc1. The average molecular weight is 369 g/mol. The van der Waals surface area contributed by atoms with Crippen molar-refractivity contribution in [1.82, 2.24) is 10.2 Å². The highest BCUT2D eigenvalue weighted by Gasteiger charge is 2.16. The maximum absolute atomic E-state index is 12.5. The predicted molar refractivity (Wildman–Crippen MR) is 106 cm³/mol. The monoisotopic (exact) mass is 369 g/mol. The molecule has 0 atom stereocenters. The molecule has 1 N–H and O–H groups in total. The molecule has 0 saturated carbocycles. The van der Waals surface area contributed by atoms with Crippen LogP contribution in [0.5, 0.6) is 11.5 Å². The molecular formula is C21H27N3O3. The van der Waals surface area contributed by atoms with E-state index in [2.05, 4.69) is 29.4 Å². The first-order valence-electron chi connectivity index (χ1n) is 9.35. The summed E-state index contributed by atoms with van der Waals surface area (Å²) >= 11 is 0. The Hall–Kier alpha value is -2.89. The number of carbonyl (C=O) groups excluding carboxylic acids is 1. The Kier molecular flexibility index (Phi) is 6.41. The molecule has 1 aliphatic heterocycles. The molecule has 2 amide bonds. The van der Waals surface area contributed by atoms with Crippen LogP contribution >= 0.6 is 0 Å². The molecule has 0 fully saturated rings. The van der Waals surface area contributed by atoms with Crippen molar-refractivity contribution >= 4 is 11.7 Å². The van der Waals surface area contributed by atoms with Crippen molar-refractivity contribution < 1.29 is 14.3 Å². The topological polar surface area (TPSA) is 54.0 Å². The predicted octanol–water partition coefficient (Wildman–Crippen LogP) is 3.47. The Balaban J connectivity index is 1.43. The van der Waals surface area contributed by atoms with Gasteiger partial charge in [0.2, 0.25) is 6.79 Å². The molecule has 0 aromatic heterocycles. The zero-order chi connectivity index (χ0) is 19.1. The molecule has 1 heterocycles. The summed E-state index contributed by atoms with van der Waals surface area (Å²) in [7, 11) is 2.06. The number of urea groups is 1. The molecule has 0 radical (unpaired) electrons. The average Bonchev–Trinajstić information content (AvgIpc) is 3.17. The summed E-state index contributed by atoms with van der Waals surface area (Å²) in [5, 5.41) is 3.02. The van der Waals surface area contributed by atoms with Crippen molar-refractivity contribution in [1.29, 1.82) is 0 Å². The van der Waals surface area contributed by atoms with Crippen molar-refractivity contribution in [3.63, 3.8) is 0 Å². The van der Waals surface area contributed by atoms with Crippen LogP contribution in [-0.4, -0.2) is 44.4 Å². The normalized spacial score (nSPS) is 11.9. The molecular weight excluding hydrogens is 342 g/mol. The van der Waals surface area contributed by atoms with Crippen LogP contribution in [0.3, 0.4) is 0 Å². The fourth-order valence-electron chi connectivity index (χ4n) is 3.02. The van der Waals surface area contributed by atoms with E-state index < -0.39 is 0 Å². The third-order valence-corrected chi connectivity index (χ3v) is 4.62.